The molecule has 0 radical (unpaired) electrons. The minimum absolute atomic E-state index is 0.244. The summed E-state index contributed by atoms with van der Waals surface area (Å²) in [6.45, 7) is 1.06. The second-order valence-corrected chi connectivity index (χ2v) is 10.6. The van der Waals surface area contributed by atoms with Crippen LogP contribution in [0.3, 0.4) is 0 Å². The van der Waals surface area contributed by atoms with Crippen LogP contribution in [0.1, 0.15) is 55.2 Å². The first kappa shape index (κ1) is 24.8. The number of aliphatic hydroxyl groups is 1. The fourth-order valence-corrected chi connectivity index (χ4v) is 5.53. The zero-order valence-electron chi connectivity index (χ0n) is 21.6. The molecule has 6 nitrogen and oxygen atoms in total. The lowest BCUT2D eigenvalue weighted by Gasteiger charge is -2.19. The Hall–Kier alpha value is -3.48. The molecule has 1 aliphatic heterocycles. The van der Waals surface area contributed by atoms with Crippen molar-refractivity contribution in [3.05, 3.63) is 83.4 Å². The molecule has 3 aliphatic rings. The first-order chi connectivity index (χ1) is 18.6. The Balaban J connectivity index is 1.26. The van der Waals surface area contributed by atoms with Crippen molar-refractivity contribution < 1.29 is 24.4 Å². The van der Waals surface area contributed by atoms with Gasteiger partial charge in [-0.25, -0.2) is 0 Å². The molecule has 3 N–H and O–H groups in total. The molecule has 3 aromatic carbocycles. The highest BCUT2D eigenvalue weighted by Gasteiger charge is 2.31. The van der Waals surface area contributed by atoms with Crippen LogP contribution >= 0.6 is 0 Å². The lowest BCUT2D eigenvalue weighted by Crippen LogP contribution is -2.36. The van der Waals surface area contributed by atoms with Gasteiger partial charge in [-0.1, -0.05) is 43.2 Å². The summed E-state index contributed by atoms with van der Waals surface area (Å²) < 4.78 is 17.2. The quantitative estimate of drug-likeness (QED) is 0.299. The zero-order chi connectivity index (χ0) is 25.9. The molecule has 38 heavy (non-hydrogen) atoms. The van der Waals surface area contributed by atoms with Crippen LogP contribution < -0.4 is 19.5 Å². The average Bonchev–Trinajstić information content (AvgIpc) is 3.42. The molecule has 2 aliphatic carbocycles. The second kappa shape index (κ2) is 11.1. The number of rotatable bonds is 10. The van der Waals surface area contributed by atoms with E-state index in [9.17, 15) is 10.2 Å². The summed E-state index contributed by atoms with van der Waals surface area (Å²) in [5.41, 5.74) is 5.66. The maximum absolute atomic E-state index is 10.4. The van der Waals surface area contributed by atoms with Gasteiger partial charge in [-0.3, -0.25) is 0 Å². The summed E-state index contributed by atoms with van der Waals surface area (Å²) in [7, 11) is 0. The highest BCUT2D eigenvalue weighted by molar-refractivity contribution is 6.00. The van der Waals surface area contributed by atoms with E-state index in [1.54, 1.807) is 12.1 Å². The highest BCUT2D eigenvalue weighted by atomic mass is 16.7. The van der Waals surface area contributed by atoms with Crippen molar-refractivity contribution in [2.24, 2.45) is 5.92 Å². The lowest BCUT2D eigenvalue weighted by molar-refractivity contribution is 0.104. The van der Waals surface area contributed by atoms with E-state index in [4.69, 9.17) is 14.2 Å². The maximum atomic E-state index is 10.4. The van der Waals surface area contributed by atoms with Crippen LogP contribution in [-0.2, 0) is 0 Å². The van der Waals surface area contributed by atoms with E-state index >= 15 is 0 Å². The Morgan fingerprint density at radius 3 is 2.21 bits per heavy atom. The number of hydrogen-bond donors (Lipinski definition) is 3. The van der Waals surface area contributed by atoms with Crippen LogP contribution in [0.15, 0.2) is 66.7 Å². The summed E-state index contributed by atoms with van der Waals surface area (Å²) in [6, 6.07) is 22.2. The summed E-state index contributed by atoms with van der Waals surface area (Å²) >= 11 is 0. The molecule has 2 saturated carbocycles. The van der Waals surface area contributed by atoms with Crippen LogP contribution in [-0.4, -0.2) is 42.3 Å². The molecule has 0 saturated heterocycles. The van der Waals surface area contributed by atoms with Crippen LogP contribution in [0.2, 0.25) is 0 Å². The molecular weight excluding hydrogens is 478 g/mol. The lowest BCUT2D eigenvalue weighted by atomic mass is 9.87. The van der Waals surface area contributed by atoms with Gasteiger partial charge < -0.3 is 29.7 Å². The largest absolute Gasteiger partial charge is 0.508 e. The molecule has 1 heterocycles. The van der Waals surface area contributed by atoms with Crippen molar-refractivity contribution in [1.82, 2.24) is 5.32 Å². The number of aliphatic hydroxyl groups excluding tert-OH is 1. The number of ether oxygens (including phenoxy) is 3. The van der Waals surface area contributed by atoms with E-state index in [1.807, 2.05) is 30.3 Å². The minimum Gasteiger partial charge on any atom is -0.508 e. The number of allylic oxidation sites excluding steroid dienone is 1. The van der Waals surface area contributed by atoms with Crippen molar-refractivity contribution in [1.29, 1.82) is 0 Å². The van der Waals surface area contributed by atoms with Gasteiger partial charge >= 0.3 is 0 Å². The summed E-state index contributed by atoms with van der Waals surface area (Å²) in [6.07, 6.45) is 6.67. The van der Waals surface area contributed by atoms with Crippen molar-refractivity contribution in [2.75, 3.05) is 19.9 Å². The fourth-order valence-electron chi connectivity index (χ4n) is 5.53. The zero-order valence-corrected chi connectivity index (χ0v) is 21.6. The third-order valence-electron chi connectivity index (χ3n) is 7.68. The SMILES string of the molecule is Oc1ccc(C(=C(c2ccc3c(c2)OCO3)C2CC2)c2ccc(OCC(O)CNC3CCCC3)cc2)cc1. The van der Waals surface area contributed by atoms with Crippen molar-refractivity contribution in [2.45, 2.75) is 50.7 Å². The predicted molar refractivity (Wildman–Crippen MR) is 148 cm³/mol. The molecule has 6 heteroatoms. The standard InChI is InChI=1S/C32H35NO5/c34-26-12-7-22(8-13-26)31(32(21-5-6-21)24-11-16-29-30(17-24)38-20-37-29)23-9-14-28(15-10-23)36-19-27(35)18-33-25-3-1-2-4-25/h7-17,21,25,27,33-35H,1-6,18-20H2. The number of nitrogens with one attached hydrogen (secondary N) is 1. The number of fused-ring (bicyclic) bond motifs is 1. The Labute approximate surface area is 223 Å². The third-order valence-corrected chi connectivity index (χ3v) is 7.68. The van der Waals surface area contributed by atoms with Gasteiger partial charge in [0.05, 0.1) is 0 Å². The van der Waals surface area contributed by atoms with E-state index in [2.05, 4.69) is 29.6 Å². The number of hydrogen-bond acceptors (Lipinski definition) is 6. The van der Waals surface area contributed by atoms with Gasteiger partial charge in [-0.2, -0.15) is 0 Å². The molecule has 6 rings (SSSR count). The maximum Gasteiger partial charge on any atom is 0.231 e. The minimum atomic E-state index is -0.546. The molecule has 2 fully saturated rings. The first-order valence-corrected chi connectivity index (χ1v) is 13.7. The molecule has 1 unspecified atom stereocenters. The molecular formula is C32H35NO5. The molecule has 198 valence electrons. The highest BCUT2D eigenvalue weighted by Crippen LogP contribution is 2.49. The Bertz CT molecular complexity index is 1270. The number of phenols is 1. The van der Waals surface area contributed by atoms with Gasteiger partial charge in [0.15, 0.2) is 11.5 Å². The molecule has 0 spiro atoms. The summed E-state index contributed by atoms with van der Waals surface area (Å²) in [5.74, 6) is 2.98. The predicted octanol–water partition coefficient (Wildman–Crippen LogP) is 5.76. The van der Waals surface area contributed by atoms with Crippen LogP contribution in [0, 0.1) is 5.92 Å². The molecule has 0 aromatic heterocycles. The van der Waals surface area contributed by atoms with E-state index < -0.39 is 6.10 Å². The molecule has 0 amide bonds. The van der Waals surface area contributed by atoms with E-state index in [0.29, 0.717) is 18.5 Å². The monoisotopic (exact) mass is 513 g/mol. The van der Waals surface area contributed by atoms with E-state index in [-0.39, 0.29) is 19.1 Å². The summed E-state index contributed by atoms with van der Waals surface area (Å²) in [4.78, 5) is 0. The van der Waals surface area contributed by atoms with Crippen molar-refractivity contribution in [3.8, 4) is 23.0 Å². The fraction of sp³-hybridized carbons (Fsp3) is 0.375. The van der Waals surface area contributed by atoms with E-state index in [0.717, 1.165) is 52.4 Å². The van der Waals surface area contributed by atoms with Gasteiger partial charge in [0.1, 0.15) is 24.2 Å². The van der Waals surface area contributed by atoms with Gasteiger partial charge in [-0.05, 0) is 95.8 Å². The van der Waals surface area contributed by atoms with Crippen LogP contribution in [0.25, 0.3) is 11.1 Å². The number of benzene rings is 3. The Morgan fingerprint density at radius 2 is 1.50 bits per heavy atom. The van der Waals surface area contributed by atoms with E-state index in [1.165, 1.54) is 31.3 Å². The van der Waals surface area contributed by atoms with Gasteiger partial charge in [0, 0.05) is 12.6 Å². The summed E-state index contributed by atoms with van der Waals surface area (Å²) in [5, 5.41) is 23.8. The topological polar surface area (TPSA) is 80.2 Å². The normalized spacial score (nSPS) is 18.3. The average molecular weight is 514 g/mol. The van der Waals surface area contributed by atoms with Crippen molar-refractivity contribution >= 4 is 11.1 Å². The second-order valence-electron chi connectivity index (χ2n) is 10.6. The molecule has 3 aromatic rings. The van der Waals surface area contributed by atoms with Crippen LogP contribution in [0.4, 0.5) is 0 Å². The smallest absolute Gasteiger partial charge is 0.231 e. The number of phenolic OH excluding ortho intramolecular Hbond substituents is 1. The Kier molecular flexibility index (Phi) is 7.25. The third kappa shape index (κ3) is 5.66. The van der Waals surface area contributed by atoms with Gasteiger partial charge in [0.2, 0.25) is 6.79 Å². The van der Waals surface area contributed by atoms with Gasteiger partial charge in [-0.15, -0.1) is 0 Å². The molecule has 0 bridgehead atoms. The molecule has 1 atom stereocenters. The first-order valence-electron chi connectivity index (χ1n) is 13.7. The Morgan fingerprint density at radius 1 is 0.842 bits per heavy atom. The number of aromatic hydroxyl groups is 1. The van der Waals surface area contributed by atoms with Crippen LogP contribution in [0.5, 0.6) is 23.0 Å². The van der Waals surface area contributed by atoms with Crippen molar-refractivity contribution in [3.63, 3.8) is 0 Å². The van der Waals surface area contributed by atoms with Gasteiger partial charge in [0.25, 0.3) is 0 Å².